The van der Waals surface area contributed by atoms with Crippen LogP contribution >= 0.6 is 11.3 Å². The van der Waals surface area contributed by atoms with Crippen LogP contribution in [0.25, 0.3) is 0 Å². The van der Waals surface area contributed by atoms with Crippen molar-refractivity contribution in [3.8, 4) is 0 Å². The van der Waals surface area contributed by atoms with Crippen LogP contribution in [-0.4, -0.2) is 42.0 Å². The van der Waals surface area contributed by atoms with Gasteiger partial charge in [-0.15, -0.1) is 11.3 Å². The van der Waals surface area contributed by atoms with Crippen molar-refractivity contribution in [3.05, 3.63) is 46.4 Å². The lowest BCUT2D eigenvalue weighted by Crippen LogP contribution is -2.49. The molecule has 0 saturated carbocycles. The molecule has 0 bridgehead atoms. The lowest BCUT2D eigenvalue weighted by atomic mass is 10.2. The normalized spacial score (nSPS) is 15.3. The summed E-state index contributed by atoms with van der Waals surface area (Å²) in [6, 6.07) is 10.4. The van der Waals surface area contributed by atoms with Gasteiger partial charge in [0.25, 0.3) is 0 Å². The lowest BCUT2D eigenvalue weighted by molar-refractivity contribution is -0.130. The molecule has 110 valence electrons. The first-order valence-electron chi connectivity index (χ1n) is 7.21. The Hall–Kier alpha value is -1.88. The Labute approximate surface area is 129 Å². The summed E-state index contributed by atoms with van der Waals surface area (Å²) in [6.07, 6.45) is 0.488. The number of rotatable bonds is 3. The minimum absolute atomic E-state index is 0.218. The number of hydrogen-bond donors (Lipinski definition) is 0. The fourth-order valence-electron chi connectivity index (χ4n) is 2.60. The van der Waals surface area contributed by atoms with E-state index in [4.69, 9.17) is 0 Å². The quantitative estimate of drug-likeness (QED) is 0.873. The Morgan fingerprint density at radius 2 is 1.90 bits per heavy atom. The average molecular weight is 301 g/mol. The van der Waals surface area contributed by atoms with Gasteiger partial charge in [-0.3, -0.25) is 4.79 Å². The van der Waals surface area contributed by atoms with Gasteiger partial charge in [-0.1, -0.05) is 18.2 Å². The second kappa shape index (κ2) is 6.26. The SMILES string of the molecule is Cc1ncsc1CC(=O)N1CCN(c2ccccc2)CC1. The van der Waals surface area contributed by atoms with Gasteiger partial charge in [0.05, 0.1) is 17.6 Å². The van der Waals surface area contributed by atoms with Gasteiger partial charge >= 0.3 is 0 Å². The summed E-state index contributed by atoms with van der Waals surface area (Å²) < 4.78 is 0. The van der Waals surface area contributed by atoms with Crippen LogP contribution in [0.5, 0.6) is 0 Å². The molecule has 0 aliphatic carbocycles. The Morgan fingerprint density at radius 1 is 1.19 bits per heavy atom. The second-order valence-electron chi connectivity index (χ2n) is 5.24. The van der Waals surface area contributed by atoms with Crippen LogP contribution in [0.1, 0.15) is 10.6 Å². The zero-order valence-electron chi connectivity index (χ0n) is 12.2. The molecule has 0 radical (unpaired) electrons. The molecular formula is C16H19N3OS. The highest BCUT2D eigenvalue weighted by atomic mass is 32.1. The van der Waals surface area contributed by atoms with Gasteiger partial charge in [0.1, 0.15) is 0 Å². The number of amides is 1. The maximum atomic E-state index is 12.3. The van der Waals surface area contributed by atoms with Crippen LogP contribution in [0.15, 0.2) is 35.8 Å². The fourth-order valence-corrected chi connectivity index (χ4v) is 3.37. The van der Waals surface area contributed by atoms with Gasteiger partial charge in [-0.2, -0.15) is 0 Å². The van der Waals surface area contributed by atoms with Crippen molar-refractivity contribution in [3.63, 3.8) is 0 Å². The number of para-hydroxylation sites is 1. The molecule has 1 amide bonds. The standard InChI is InChI=1S/C16H19N3OS/c1-13-15(21-12-17-13)11-16(20)19-9-7-18(8-10-19)14-5-3-2-4-6-14/h2-6,12H,7-11H2,1H3. The van der Waals surface area contributed by atoms with Gasteiger partial charge in [-0.05, 0) is 19.1 Å². The molecular weight excluding hydrogens is 282 g/mol. The molecule has 0 spiro atoms. The van der Waals surface area contributed by atoms with Crippen molar-refractivity contribution < 1.29 is 4.79 Å². The van der Waals surface area contributed by atoms with Crippen LogP contribution in [0.3, 0.4) is 0 Å². The molecule has 2 aromatic rings. The predicted octanol–water partition coefficient (Wildman–Crippen LogP) is 2.34. The highest BCUT2D eigenvalue weighted by Crippen LogP contribution is 2.17. The number of thiazole rings is 1. The van der Waals surface area contributed by atoms with E-state index in [9.17, 15) is 4.79 Å². The summed E-state index contributed by atoms with van der Waals surface area (Å²) in [5.74, 6) is 0.218. The summed E-state index contributed by atoms with van der Waals surface area (Å²) >= 11 is 1.57. The molecule has 1 fully saturated rings. The van der Waals surface area contributed by atoms with E-state index in [-0.39, 0.29) is 5.91 Å². The highest BCUT2D eigenvalue weighted by molar-refractivity contribution is 7.09. The summed E-state index contributed by atoms with van der Waals surface area (Å²) in [7, 11) is 0. The summed E-state index contributed by atoms with van der Waals surface area (Å²) in [5.41, 5.74) is 4.03. The van der Waals surface area contributed by atoms with Crippen LogP contribution in [0.4, 0.5) is 5.69 Å². The van der Waals surface area contributed by atoms with Crippen molar-refractivity contribution in [2.24, 2.45) is 0 Å². The summed E-state index contributed by atoms with van der Waals surface area (Å²) in [4.78, 5) is 21.9. The first-order chi connectivity index (χ1) is 10.2. The molecule has 1 aliphatic rings. The maximum Gasteiger partial charge on any atom is 0.228 e. The van der Waals surface area contributed by atoms with Gasteiger partial charge < -0.3 is 9.80 Å². The van der Waals surface area contributed by atoms with E-state index in [0.717, 1.165) is 36.8 Å². The molecule has 0 atom stereocenters. The number of piperazine rings is 1. The van der Waals surface area contributed by atoms with E-state index >= 15 is 0 Å². The number of hydrogen-bond acceptors (Lipinski definition) is 4. The van der Waals surface area contributed by atoms with Crippen molar-refractivity contribution in [2.75, 3.05) is 31.1 Å². The van der Waals surface area contributed by atoms with E-state index in [2.05, 4.69) is 34.1 Å². The monoisotopic (exact) mass is 301 g/mol. The second-order valence-corrected chi connectivity index (χ2v) is 6.18. The van der Waals surface area contributed by atoms with Crippen LogP contribution < -0.4 is 4.90 Å². The maximum absolute atomic E-state index is 12.3. The third-order valence-corrected chi connectivity index (χ3v) is 4.85. The molecule has 1 aliphatic heterocycles. The first-order valence-corrected chi connectivity index (χ1v) is 8.09. The predicted molar refractivity (Wildman–Crippen MR) is 85.8 cm³/mol. The first kappa shape index (κ1) is 14.1. The molecule has 0 unspecified atom stereocenters. The van der Waals surface area contributed by atoms with Crippen LogP contribution in [0, 0.1) is 6.92 Å². The van der Waals surface area contributed by atoms with E-state index in [1.165, 1.54) is 5.69 Å². The van der Waals surface area contributed by atoms with Crippen molar-refractivity contribution in [1.29, 1.82) is 0 Å². The molecule has 1 saturated heterocycles. The average Bonchev–Trinajstić information content (AvgIpc) is 2.93. The number of anilines is 1. The van der Waals surface area contributed by atoms with E-state index < -0.39 is 0 Å². The van der Waals surface area contributed by atoms with Crippen molar-refractivity contribution in [1.82, 2.24) is 9.88 Å². The number of carbonyl (C=O) groups excluding carboxylic acids is 1. The Kier molecular flexibility index (Phi) is 4.20. The number of aryl methyl sites for hydroxylation is 1. The molecule has 5 heteroatoms. The van der Waals surface area contributed by atoms with Gasteiger partial charge in [0, 0.05) is 36.7 Å². The third kappa shape index (κ3) is 3.24. The third-order valence-electron chi connectivity index (χ3n) is 3.91. The van der Waals surface area contributed by atoms with E-state index in [1.807, 2.05) is 23.4 Å². The summed E-state index contributed by atoms with van der Waals surface area (Å²) in [6.45, 7) is 5.36. The Bertz CT molecular complexity index is 603. The van der Waals surface area contributed by atoms with Crippen molar-refractivity contribution in [2.45, 2.75) is 13.3 Å². The van der Waals surface area contributed by atoms with Gasteiger partial charge in [-0.25, -0.2) is 4.98 Å². The Morgan fingerprint density at radius 3 is 2.52 bits per heavy atom. The Balaban J connectivity index is 1.56. The van der Waals surface area contributed by atoms with Crippen LogP contribution in [0.2, 0.25) is 0 Å². The number of carbonyl (C=O) groups is 1. The minimum atomic E-state index is 0.218. The van der Waals surface area contributed by atoms with E-state index in [1.54, 1.807) is 11.3 Å². The zero-order chi connectivity index (χ0) is 14.7. The summed E-state index contributed by atoms with van der Waals surface area (Å²) in [5, 5.41) is 0. The topological polar surface area (TPSA) is 36.4 Å². The zero-order valence-corrected chi connectivity index (χ0v) is 13.0. The van der Waals surface area contributed by atoms with E-state index in [0.29, 0.717) is 6.42 Å². The molecule has 21 heavy (non-hydrogen) atoms. The number of benzene rings is 1. The van der Waals surface area contributed by atoms with Gasteiger partial charge in [0.15, 0.2) is 0 Å². The smallest absolute Gasteiger partial charge is 0.228 e. The highest BCUT2D eigenvalue weighted by Gasteiger charge is 2.22. The fraction of sp³-hybridized carbons (Fsp3) is 0.375. The molecule has 2 heterocycles. The molecule has 1 aromatic carbocycles. The van der Waals surface area contributed by atoms with Gasteiger partial charge in [0.2, 0.25) is 5.91 Å². The minimum Gasteiger partial charge on any atom is -0.368 e. The number of aromatic nitrogens is 1. The van der Waals surface area contributed by atoms with Crippen LogP contribution in [-0.2, 0) is 11.2 Å². The number of nitrogens with zero attached hydrogens (tertiary/aromatic N) is 3. The lowest BCUT2D eigenvalue weighted by Gasteiger charge is -2.36. The molecule has 3 rings (SSSR count). The largest absolute Gasteiger partial charge is 0.368 e. The van der Waals surface area contributed by atoms with Crippen molar-refractivity contribution >= 4 is 22.9 Å². The molecule has 0 N–H and O–H groups in total. The molecule has 4 nitrogen and oxygen atoms in total. The molecule has 1 aromatic heterocycles.